The lowest BCUT2D eigenvalue weighted by atomic mass is 9.98. The zero-order chi connectivity index (χ0) is 15.5. The maximum absolute atomic E-state index is 12.2. The maximum atomic E-state index is 12.2. The normalized spacial score (nSPS) is 17.6. The summed E-state index contributed by atoms with van der Waals surface area (Å²) in [5.41, 5.74) is 1.70. The molecule has 1 N–H and O–H groups in total. The third kappa shape index (κ3) is 3.12. The first-order valence-electron chi connectivity index (χ1n) is 7.05. The zero-order valence-electron chi connectivity index (χ0n) is 11.8. The second-order valence-electron chi connectivity index (χ2n) is 5.25. The number of urea groups is 1. The summed E-state index contributed by atoms with van der Waals surface area (Å²) in [6.07, 6.45) is 0.337. The van der Waals surface area contributed by atoms with Gasteiger partial charge in [-0.1, -0.05) is 41.9 Å². The molecular formula is C17H15ClN2O2. The molecule has 3 amide bonds. The molecule has 0 bridgehead atoms. The molecule has 3 rings (SSSR count). The van der Waals surface area contributed by atoms with Gasteiger partial charge in [-0.25, -0.2) is 4.79 Å². The van der Waals surface area contributed by atoms with Crippen molar-refractivity contribution in [3.05, 3.63) is 65.2 Å². The van der Waals surface area contributed by atoms with Gasteiger partial charge in [0.05, 0.1) is 0 Å². The van der Waals surface area contributed by atoms with Crippen molar-refractivity contribution >= 4 is 29.2 Å². The topological polar surface area (TPSA) is 49.4 Å². The van der Waals surface area contributed by atoms with Crippen LogP contribution in [0.3, 0.4) is 0 Å². The van der Waals surface area contributed by atoms with Crippen molar-refractivity contribution < 1.29 is 9.59 Å². The van der Waals surface area contributed by atoms with E-state index in [0.717, 1.165) is 5.56 Å². The van der Waals surface area contributed by atoms with E-state index in [2.05, 4.69) is 5.32 Å². The Labute approximate surface area is 133 Å². The molecule has 1 atom stereocenters. The van der Waals surface area contributed by atoms with Crippen LogP contribution in [0.15, 0.2) is 54.6 Å². The number of carbonyl (C=O) groups excluding carboxylic acids is 2. The quantitative estimate of drug-likeness (QED) is 0.914. The third-order valence-corrected chi connectivity index (χ3v) is 3.99. The highest BCUT2D eigenvalue weighted by molar-refractivity contribution is 6.30. The van der Waals surface area contributed by atoms with E-state index >= 15 is 0 Å². The van der Waals surface area contributed by atoms with E-state index in [4.69, 9.17) is 11.6 Å². The van der Waals surface area contributed by atoms with E-state index < -0.39 is 0 Å². The Morgan fingerprint density at radius 3 is 2.45 bits per heavy atom. The third-order valence-electron chi connectivity index (χ3n) is 3.74. The van der Waals surface area contributed by atoms with Crippen LogP contribution in [-0.4, -0.2) is 23.4 Å². The van der Waals surface area contributed by atoms with Crippen LogP contribution in [0.25, 0.3) is 0 Å². The number of carbonyl (C=O) groups is 2. The number of imide groups is 1. The molecule has 1 aliphatic rings. The predicted molar refractivity (Wildman–Crippen MR) is 86.0 cm³/mol. The monoisotopic (exact) mass is 314 g/mol. The molecule has 5 heteroatoms. The molecule has 0 spiro atoms. The second-order valence-corrected chi connectivity index (χ2v) is 5.69. The number of likely N-dealkylation sites (tertiary alicyclic amines) is 1. The Morgan fingerprint density at radius 2 is 1.77 bits per heavy atom. The highest BCUT2D eigenvalue weighted by atomic mass is 35.5. The van der Waals surface area contributed by atoms with Gasteiger partial charge >= 0.3 is 6.03 Å². The molecule has 22 heavy (non-hydrogen) atoms. The van der Waals surface area contributed by atoms with Gasteiger partial charge in [-0.3, -0.25) is 9.69 Å². The van der Waals surface area contributed by atoms with Crippen molar-refractivity contribution in [1.29, 1.82) is 0 Å². The van der Waals surface area contributed by atoms with E-state index in [1.54, 1.807) is 24.3 Å². The number of halogens is 1. The molecule has 0 radical (unpaired) electrons. The molecule has 0 aliphatic carbocycles. The molecule has 2 aromatic carbocycles. The molecular weight excluding hydrogens is 300 g/mol. The first kappa shape index (κ1) is 14.6. The van der Waals surface area contributed by atoms with Crippen LogP contribution in [0.5, 0.6) is 0 Å². The number of hydrogen-bond donors (Lipinski definition) is 1. The number of rotatable bonds is 2. The minimum absolute atomic E-state index is 0.0197. The van der Waals surface area contributed by atoms with E-state index in [1.165, 1.54) is 4.90 Å². The van der Waals surface area contributed by atoms with Crippen molar-refractivity contribution in [3.63, 3.8) is 0 Å². The SMILES string of the molecule is O=C1C[C@@H](c2ccc(Cl)cc2)CN1C(=O)Nc1ccccc1. The highest BCUT2D eigenvalue weighted by Crippen LogP contribution is 2.29. The fourth-order valence-corrected chi connectivity index (χ4v) is 2.70. The molecule has 1 heterocycles. The van der Waals surface area contributed by atoms with Crippen molar-refractivity contribution in [3.8, 4) is 0 Å². The molecule has 0 unspecified atom stereocenters. The van der Waals surface area contributed by atoms with Crippen molar-refractivity contribution in [2.45, 2.75) is 12.3 Å². The first-order chi connectivity index (χ1) is 10.6. The number of benzene rings is 2. The van der Waals surface area contributed by atoms with Gasteiger partial charge in [0.15, 0.2) is 0 Å². The van der Waals surface area contributed by atoms with E-state index in [1.807, 2.05) is 30.3 Å². The molecule has 2 aromatic rings. The molecule has 112 valence electrons. The predicted octanol–water partition coefficient (Wildman–Crippen LogP) is 3.89. The Bertz CT molecular complexity index is 686. The van der Waals surface area contributed by atoms with Gasteiger partial charge < -0.3 is 5.32 Å². The smallest absolute Gasteiger partial charge is 0.307 e. The molecule has 4 nitrogen and oxygen atoms in total. The number of nitrogens with zero attached hydrogens (tertiary/aromatic N) is 1. The van der Waals surface area contributed by atoms with Crippen LogP contribution in [0, 0.1) is 0 Å². The summed E-state index contributed by atoms with van der Waals surface area (Å²) >= 11 is 5.87. The van der Waals surface area contributed by atoms with Gasteiger partial charge in [0, 0.05) is 29.6 Å². The van der Waals surface area contributed by atoms with Crippen LogP contribution in [0.2, 0.25) is 5.02 Å². The summed E-state index contributed by atoms with van der Waals surface area (Å²) in [4.78, 5) is 25.6. The minimum Gasteiger partial charge on any atom is -0.307 e. The molecule has 0 saturated carbocycles. The summed E-state index contributed by atoms with van der Waals surface area (Å²) in [5.74, 6) is -0.139. The second kappa shape index (κ2) is 6.20. The molecule has 1 fully saturated rings. The van der Waals surface area contributed by atoms with Gasteiger partial charge in [-0.2, -0.15) is 0 Å². The van der Waals surface area contributed by atoms with Gasteiger partial charge in [-0.15, -0.1) is 0 Å². The Kier molecular flexibility index (Phi) is 4.11. The average molecular weight is 315 g/mol. The Balaban J connectivity index is 1.69. The lowest BCUT2D eigenvalue weighted by molar-refractivity contribution is -0.125. The number of para-hydroxylation sites is 1. The van der Waals surface area contributed by atoms with Crippen LogP contribution in [0.1, 0.15) is 17.9 Å². The first-order valence-corrected chi connectivity index (χ1v) is 7.43. The fourth-order valence-electron chi connectivity index (χ4n) is 2.57. The Hall–Kier alpha value is -2.33. The van der Waals surface area contributed by atoms with Crippen LogP contribution < -0.4 is 5.32 Å². The van der Waals surface area contributed by atoms with Crippen molar-refractivity contribution in [2.75, 3.05) is 11.9 Å². The van der Waals surface area contributed by atoms with Gasteiger partial charge in [-0.05, 0) is 29.8 Å². The van der Waals surface area contributed by atoms with Gasteiger partial charge in [0.1, 0.15) is 0 Å². The fraction of sp³-hybridized carbons (Fsp3) is 0.176. The standard InChI is InChI=1S/C17H15ClN2O2/c18-14-8-6-12(7-9-14)13-10-16(21)20(11-13)17(22)19-15-4-2-1-3-5-15/h1-9,13H,10-11H2,(H,19,22)/t13-/m1/s1. The molecule has 0 aromatic heterocycles. The summed E-state index contributed by atoms with van der Waals surface area (Å²) in [6, 6.07) is 16.1. The maximum Gasteiger partial charge on any atom is 0.328 e. The zero-order valence-corrected chi connectivity index (χ0v) is 12.6. The average Bonchev–Trinajstić information content (AvgIpc) is 2.91. The number of anilines is 1. The van der Waals surface area contributed by atoms with Crippen LogP contribution in [-0.2, 0) is 4.79 Å². The Morgan fingerprint density at radius 1 is 1.09 bits per heavy atom. The van der Waals surface area contributed by atoms with E-state index in [-0.39, 0.29) is 17.9 Å². The van der Waals surface area contributed by atoms with Crippen molar-refractivity contribution in [1.82, 2.24) is 4.90 Å². The minimum atomic E-state index is -0.382. The number of amides is 3. The lowest BCUT2D eigenvalue weighted by Crippen LogP contribution is -2.36. The highest BCUT2D eigenvalue weighted by Gasteiger charge is 2.34. The molecule has 1 aliphatic heterocycles. The summed E-state index contributed by atoms with van der Waals surface area (Å²) in [5, 5.41) is 3.40. The van der Waals surface area contributed by atoms with Crippen LogP contribution >= 0.6 is 11.6 Å². The van der Waals surface area contributed by atoms with Gasteiger partial charge in [0.2, 0.25) is 5.91 Å². The van der Waals surface area contributed by atoms with E-state index in [9.17, 15) is 9.59 Å². The lowest BCUT2D eigenvalue weighted by Gasteiger charge is -2.16. The number of hydrogen-bond acceptors (Lipinski definition) is 2. The molecule has 1 saturated heterocycles. The summed E-state index contributed by atoms with van der Waals surface area (Å²) in [6.45, 7) is 0.388. The summed E-state index contributed by atoms with van der Waals surface area (Å²) < 4.78 is 0. The van der Waals surface area contributed by atoms with Crippen molar-refractivity contribution in [2.24, 2.45) is 0 Å². The largest absolute Gasteiger partial charge is 0.328 e. The van der Waals surface area contributed by atoms with Gasteiger partial charge in [0.25, 0.3) is 0 Å². The van der Waals surface area contributed by atoms with Crippen LogP contribution in [0.4, 0.5) is 10.5 Å². The van der Waals surface area contributed by atoms with E-state index in [0.29, 0.717) is 23.7 Å². The number of nitrogens with one attached hydrogen (secondary N) is 1. The summed E-state index contributed by atoms with van der Waals surface area (Å²) in [7, 11) is 0.